The Hall–Kier alpha value is -0.360. The van der Waals surface area contributed by atoms with E-state index >= 15 is 0 Å². The van der Waals surface area contributed by atoms with Crippen LogP contribution in [-0.2, 0) is 9.59 Å². The first-order chi connectivity index (χ1) is 8.01. The maximum absolute atomic E-state index is 11.7. The van der Waals surface area contributed by atoms with Gasteiger partial charge in [-0.05, 0) is 19.4 Å². The van der Waals surface area contributed by atoms with Crippen molar-refractivity contribution in [3.05, 3.63) is 0 Å². The molecule has 0 aliphatic rings. The van der Waals surface area contributed by atoms with E-state index in [2.05, 4.69) is 10.6 Å². The van der Waals surface area contributed by atoms with Gasteiger partial charge in [0.1, 0.15) is 0 Å². The summed E-state index contributed by atoms with van der Waals surface area (Å²) in [4.78, 5) is 23.2. The van der Waals surface area contributed by atoms with Crippen LogP contribution < -0.4 is 10.6 Å². The van der Waals surface area contributed by atoms with E-state index in [1.807, 2.05) is 19.4 Å². The number of thioether (sulfide) groups is 2. The van der Waals surface area contributed by atoms with Gasteiger partial charge < -0.3 is 10.6 Å². The Balaban J connectivity index is 3.86. The number of nitrogens with one attached hydrogen (secondary N) is 2. The van der Waals surface area contributed by atoms with E-state index in [0.717, 1.165) is 5.75 Å². The van der Waals surface area contributed by atoms with Crippen LogP contribution in [0.4, 0.5) is 0 Å². The Morgan fingerprint density at radius 2 is 1.88 bits per heavy atom. The van der Waals surface area contributed by atoms with Gasteiger partial charge >= 0.3 is 0 Å². The number of rotatable bonds is 8. The minimum absolute atomic E-state index is 0.0569. The minimum atomic E-state index is -0.279. The summed E-state index contributed by atoms with van der Waals surface area (Å²) in [6.07, 6.45) is 4.18. The largest absolute Gasteiger partial charge is 0.355 e. The van der Waals surface area contributed by atoms with Gasteiger partial charge in [-0.3, -0.25) is 9.59 Å². The van der Waals surface area contributed by atoms with E-state index in [-0.39, 0.29) is 29.5 Å². The van der Waals surface area contributed by atoms with Crippen molar-refractivity contribution >= 4 is 35.3 Å². The number of carbonyl (C=O) groups excluding carboxylic acids is 2. The van der Waals surface area contributed by atoms with Gasteiger partial charge in [0.05, 0.1) is 5.37 Å². The van der Waals surface area contributed by atoms with Gasteiger partial charge in [0.15, 0.2) is 0 Å². The van der Waals surface area contributed by atoms with Crippen LogP contribution in [0.25, 0.3) is 0 Å². The van der Waals surface area contributed by atoms with Gasteiger partial charge in [-0.1, -0.05) is 6.92 Å². The molecular formula is C11H22N2O2S2. The molecule has 2 amide bonds. The average molecular weight is 278 g/mol. The third-order valence-electron chi connectivity index (χ3n) is 2.27. The van der Waals surface area contributed by atoms with E-state index < -0.39 is 0 Å². The molecule has 0 saturated carbocycles. The summed E-state index contributed by atoms with van der Waals surface area (Å²) < 4.78 is 0. The van der Waals surface area contributed by atoms with Crippen LogP contribution >= 0.6 is 23.5 Å². The highest BCUT2D eigenvalue weighted by Gasteiger charge is 2.17. The summed E-state index contributed by atoms with van der Waals surface area (Å²) >= 11 is 3.25. The maximum atomic E-state index is 11.7. The second kappa shape index (κ2) is 9.65. The SMILES string of the molecule is CSCCNC(=O)CC(C)C(=O)NC(C)SC. The second-order valence-electron chi connectivity index (χ2n) is 3.83. The van der Waals surface area contributed by atoms with Gasteiger partial charge in [0, 0.05) is 24.6 Å². The molecule has 4 nitrogen and oxygen atoms in total. The Bertz CT molecular complexity index is 250. The van der Waals surface area contributed by atoms with Crippen molar-refractivity contribution in [1.29, 1.82) is 0 Å². The summed E-state index contributed by atoms with van der Waals surface area (Å²) in [6, 6.07) is 0. The topological polar surface area (TPSA) is 58.2 Å². The molecule has 6 heteroatoms. The zero-order valence-corrected chi connectivity index (χ0v) is 12.5. The highest BCUT2D eigenvalue weighted by Crippen LogP contribution is 2.06. The summed E-state index contributed by atoms with van der Waals surface area (Å²) in [6.45, 7) is 4.36. The molecule has 0 rings (SSSR count). The van der Waals surface area contributed by atoms with Crippen molar-refractivity contribution in [2.24, 2.45) is 5.92 Å². The molecular weight excluding hydrogens is 256 g/mol. The molecule has 0 aromatic rings. The van der Waals surface area contributed by atoms with Gasteiger partial charge in [-0.15, -0.1) is 11.8 Å². The Labute approximate surface area is 112 Å². The summed E-state index contributed by atoms with van der Waals surface area (Å²) in [7, 11) is 0. The van der Waals surface area contributed by atoms with Crippen LogP contribution in [0.2, 0.25) is 0 Å². The van der Waals surface area contributed by atoms with E-state index in [1.165, 1.54) is 0 Å². The Morgan fingerprint density at radius 1 is 1.24 bits per heavy atom. The summed E-state index contributed by atoms with van der Waals surface area (Å²) in [5.74, 6) is 0.500. The number of hydrogen-bond acceptors (Lipinski definition) is 4. The number of amides is 2. The molecule has 0 radical (unpaired) electrons. The lowest BCUT2D eigenvalue weighted by molar-refractivity contribution is -0.129. The molecule has 0 fully saturated rings. The van der Waals surface area contributed by atoms with Crippen LogP contribution in [0.5, 0.6) is 0 Å². The predicted octanol–water partition coefficient (Wildman–Crippen LogP) is 1.32. The molecule has 0 aliphatic heterocycles. The fraction of sp³-hybridized carbons (Fsp3) is 0.818. The zero-order chi connectivity index (χ0) is 13.3. The van der Waals surface area contributed by atoms with Crippen LogP contribution in [0.3, 0.4) is 0 Å². The molecule has 0 spiro atoms. The quantitative estimate of drug-likeness (QED) is 0.519. The standard InChI is InChI=1S/C11H22N2O2S2/c1-8(11(15)13-9(2)17-4)7-10(14)12-5-6-16-3/h8-9H,5-7H2,1-4H3,(H,12,14)(H,13,15). The Morgan fingerprint density at radius 3 is 2.41 bits per heavy atom. The van der Waals surface area contributed by atoms with Gasteiger partial charge in [0.25, 0.3) is 0 Å². The maximum Gasteiger partial charge on any atom is 0.224 e. The highest BCUT2D eigenvalue weighted by atomic mass is 32.2. The van der Waals surface area contributed by atoms with E-state index in [0.29, 0.717) is 6.54 Å². The third kappa shape index (κ3) is 8.37. The first-order valence-corrected chi connectivity index (χ1v) is 8.28. The van der Waals surface area contributed by atoms with Crippen LogP contribution in [0.15, 0.2) is 0 Å². The van der Waals surface area contributed by atoms with E-state index in [9.17, 15) is 9.59 Å². The molecule has 100 valence electrons. The first kappa shape index (κ1) is 16.6. The zero-order valence-electron chi connectivity index (χ0n) is 10.9. The smallest absolute Gasteiger partial charge is 0.224 e. The van der Waals surface area contributed by atoms with Crippen molar-refractivity contribution < 1.29 is 9.59 Å². The predicted molar refractivity (Wildman–Crippen MR) is 76.3 cm³/mol. The molecule has 0 aromatic heterocycles. The monoisotopic (exact) mass is 278 g/mol. The van der Waals surface area contributed by atoms with Crippen LogP contribution in [-0.4, -0.2) is 42.0 Å². The molecule has 2 unspecified atom stereocenters. The van der Waals surface area contributed by atoms with Gasteiger partial charge in [-0.25, -0.2) is 0 Å². The van der Waals surface area contributed by atoms with Crippen molar-refractivity contribution in [1.82, 2.24) is 10.6 Å². The summed E-state index contributed by atoms with van der Waals surface area (Å²) in [5.41, 5.74) is 0. The Kier molecular flexibility index (Phi) is 9.44. The van der Waals surface area contributed by atoms with Crippen LogP contribution in [0.1, 0.15) is 20.3 Å². The van der Waals surface area contributed by atoms with Crippen molar-refractivity contribution in [3.8, 4) is 0 Å². The summed E-state index contributed by atoms with van der Waals surface area (Å²) in [5, 5.41) is 5.72. The van der Waals surface area contributed by atoms with Crippen molar-refractivity contribution in [2.45, 2.75) is 25.6 Å². The van der Waals surface area contributed by atoms with Crippen molar-refractivity contribution in [3.63, 3.8) is 0 Å². The molecule has 0 bridgehead atoms. The molecule has 2 atom stereocenters. The van der Waals surface area contributed by atoms with E-state index in [1.54, 1.807) is 30.4 Å². The minimum Gasteiger partial charge on any atom is -0.355 e. The molecule has 17 heavy (non-hydrogen) atoms. The lowest BCUT2D eigenvalue weighted by atomic mass is 10.1. The lowest BCUT2D eigenvalue weighted by Crippen LogP contribution is -2.37. The van der Waals surface area contributed by atoms with Crippen LogP contribution in [0, 0.1) is 5.92 Å². The molecule has 2 N–H and O–H groups in total. The second-order valence-corrected chi connectivity index (χ2v) is 6.00. The molecule has 0 aliphatic carbocycles. The fourth-order valence-corrected chi connectivity index (χ4v) is 1.68. The number of hydrogen-bond donors (Lipinski definition) is 2. The third-order valence-corrected chi connectivity index (χ3v) is 3.70. The molecule has 0 aromatic carbocycles. The van der Waals surface area contributed by atoms with Gasteiger partial charge in [-0.2, -0.15) is 11.8 Å². The highest BCUT2D eigenvalue weighted by molar-refractivity contribution is 7.99. The lowest BCUT2D eigenvalue weighted by Gasteiger charge is -2.15. The van der Waals surface area contributed by atoms with Gasteiger partial charge in [0.2, 0.25) is 11.8 Å². The molecule has 0 heterocycles. The fourth-order valence-electron chi connectivity index (χ4n) is 1.14. The van der Waals surface area contributed by atoms with E-state index in [4.69, 9.17) is 0 Å². The van der Waals surface area contributed by atoms with Crippen molar-refractivity contribution in [2.75, 3.05) is 24.8 Å². The normalized spacial score (nSPS) is 13.9. The first-order valence-electron chi connectivity index (χ1n) is 5.60. The molecule has 0 saturated heterocycles. The average Bonchev–Trinajstić information content (AvgIpc) is 2.28. The number of carbonyl (C=O) groups is 2.